The molecule has 1 amide bonds. The average molecular weight is 233 g/mol. The van der Waals surface area contributed by atoms with Crippen LogP contribution in [-0.4, -0.2) is 31.6 Å². The van der Waals surface area contributed by atoms with Gasteiger partial charge in [-0.05, 0) is 44.1 Å². The minimum absolute atomic E-state index is 0.0512. The van der Waals surface area contributed by atoms with Crippen LogP contribution >= 0.6 is 0 Å². The van der Waals surface area contributed by atoms with E-state index in [1.807, 2.05) is 0 Å². The first-order chi connectivity index (χ1) is 8.34. The summed E-state index contributed by atoms with van der Waals surface area (Å²) in [6, 6.07) is 10.3. The molecule has 1 aliphatic rings. The van der Waals surface area contributed by atoms with Gasteiger partial charge in [-0.2, -0.15) is 0 Å². The van der Waals surface area contributed by atoms with Gasteiger partial charge in [0.25, 0.3) is 5.91 Å². The Bertz CT molecular complexity index is 348. The molecule has 17 heavy (non-hydrogen) atoms. The van der Waals surface area contributed by atoms with Crippen LogP contribution in [0.2, 0.25) is 0 Å². The molecule has 0 spiro atoms. The van der Waals surface area contributed by atoms with Crippen molar-refractivity contribution in [2.45, 2.75) is 18.9 Å². The zero-order valence-corrected chi connectivity index (χ0v) is 9.74. The van der Waals surface area contributed by atoms with Crippen molar-refractivity contribution in [3.63, 3.8) is 0 Å². The summed E-state index contributed by atoms with van der Waals surface area (Å²) >= 11 is 0. The summed E-state index contributed by atoms with van der Waals surface area (Å²) in [4.78, 5) is 11.6. The van der Waals surface area contributed by atoms with Crippen molar-refractivity contribution in [3.8, 4) is 5.75 Å². The second-order valence-corrected chi connectivity index (χ2v) is 4.12. The molecule has 91 valence electrons. The largest absolute Gasteiger partial charge is 0.484 e. The fraction of sp³-hybridized carbons (Fsp3) is 0.462. The average Bonchev–Trinajstić information content (AvgIpc) is 2.39. The maximum atomic E-state index is 11.6. The molecule has 4 heteroatoms. The normalized spacial score (nSPS) is 16.5. The molecule has 2 rings (SSSR count). The Morgan fingerprint density at radius 1 is 1.41 bits per heavy atom. The van der Waals surface area contributed by atoms with E-state index in [4.69, 9.17) is 4.74 Å². The van der Waals surface area contributed by atoms with E-state index in [1.54, 1.807) is 24.3 Å². The molecule has 0 atom stereocenters. The molecular weight excluding hydrogens is 216 g/mol. The first kappa shape index (κ1) is 11.9. The van der Waals surface area contributed by atoms with Crippen LogP contribution in [0.3, 0.4) is 0 Å². The van der Waals surface area contributed by atoms with E-state index in [-0.39, 0.29) is 18.6 Å². The van der Waals surface area contributed by atoms with Crippen LogP contribution in [0.15, 0.2) is 24.3 Å². The SMILES string of the molecule is O=C(COc1cc[c]cc1)NC1CCNCC1. The van der Waals surface area contributed by atoms with Crippen molar-refractivity contribution >= 4 is 5.91 Å². The van der Waals surface area contributed by atoms with Crippen molar-refractivity contribution in [1.82, 2.24) is 10.6 Å². The molecule has 0 aliphatic carbocycles. The number of piperidine rings is 1. The van der Waals surface area contributed by atoms with Gasteiger partial charge in [-0.1, -0.05) is 12.1 Å². The monoisotopic (exact) mass is 233 g/mol. The molecule has 1 aromatic carbocycles. The van der Waals surface area contributed by atoms with Crippen molar-refractivity contribution in [2.75, 3.05) is 19.7 Å². The molecule has 4 nitrogen and oxygen atoms in total. The highest BCUT2D eigenvalue weighted by Gasteiger charge is 2.15. The quantitative estimate of drug-likeness (QED) is 0.806. The fourth-order valence-electron chi connectivity index (χ4n) is 1.85. The standard InChI is InChI=1S/C13H17N2O2/c16-13(15-11-6-8-14-9-7-11)10-17-12-4-2-1-3-5-12/h2-5,11,14H,6-10H2,(H,15,16). The van der Waals surface area contributed by atoms with E-state index in [2.05, 4.69) is 16.7 Å². The van der Waals surface area contributed by atoms with Gasteiger partial charge in [0.05, 0.1) is 0 Å². The fourth-order valence-corrected chi connectivity index (χ4v) is 1.85. The predicted octanol–water partition coefficient (Wildman–Crippen LogP) is 0.734. The summed E-state index contributed by atoms with van der Waals surface area (Å²) < 4.78 is 5.36. The minimum Gasteiger partial charge on any atom is -0.484 e. The third-order valence-corrected chi connectivity index (χ3v) is 2.76. The molecule has 2 N–H and O–H groups in total. The molecule has 1 heterocycles. The van der Waals surface area contributed by atoms with Gasteiger partial charge < -0.3 is 15.4 Å². The molecule has 1 fully saturated rings. The first-order valence-electron chi connectivity index (χ1n) is 5.93. The van der Waals surface area contributed by atoms with Crippen molar-refractivity contribution < 1.29 is 9.53 Å². The van der Waals surface area contributed by atoms with Gasteiger partial charge in [-0.3, -0.25) is 4.79 Å². The highest BCUT2D eigenvalue weighted by Crippen LogP contribution is 2.07. The molecule has 0 bridgehead atoms. The summed E-state index contributed by atoms with van der Waals surface area (Å²) in [6.45, 7) is 2.02. The number of ether oxygens (including phenoxy) is 1. The molecule has 1 aliphatic heterocycles. The summed E-state index contributed by atoms with van der Waals surface area (Å²) in [5.41, 5.74) is 0. The van der Waals surface area contributed by atoms with Crippen LogP contribution in [-0.2, 0) is 4.79 Å². The Kier molecular flexibility index (Phi) is 4.38. The van der Waals surface area contributed by atoms with Crippen LogP contribution in [0.5, 0.6) is 5.75 Å². The number of hydrogen-bond donors (Lipinski definition) is 2. The van der Waals surface area contributed by atoms with Gasteiger partial charge in [0.2, 0.25) is 0 Å². The van der Waals surface area contributed by atoms with Gasteiger partial charge in [0, 0.05) is 6.04 Å². The second kappa shape index (κ2) is 6.25. The van der Waals surface area contributed by atoms with Crippen LogP contribution in [0.4, 0.5) is 0 Å². The smallest absolute Gasteiger partial charge is 0.258 e. The lowest BCUT2D eigenvalue weighted by atomic mass is 10.1. The number of rotatable bonds is 4. The molecule has 0 aromatic heterocycles. The van der Waals surface area contributed by atoms with E-state index in [1.165, 1.54) is 0 Å². The van der Waals surface area contributed by atoms with Gasteiger partial charge in [-0.25, -0.2) is 0 Å². The van der Waals surface area contributed by atoms with Gasteiger partial charge in [0.15, 0.2) is 6.61 Å². The lowest BCUT2D eigenvalue weighted by Gasteiger charge is -2.23. The van der Waals surface area contributed by atoms with Gasteiger partial charge in [0.1, 0.15) is 5.75 Å². The third kappa shape index (κ3) is 4.07. The maximum absolute atomic E-state index is 11.6. The molecular formula is C13H17N2O2. The van der Waals surface area contributed by atoms with Crippen LogP contribution < -0.4 is 15.4 Å². The first-order valence-corrected chi connectivity index (χ1v) is 5.93. The highest BCUT2D eigenvalue weighted by atomic mass is 16.5. The number of amides is 1. The number of carbonyl (C=O) groups excluding carboxylic acids is 1. The zero-order chi connectivity index (χ0) is 11.9. The van der Waals surface area contributed by atoms with Crippen molar-refractivity contribution in [3.05, 3.63) is 30.3 Å². The van der Waals surface area contributed by atoms with Crippen LogP contribution in [0.25, 0.3) is 0 Å². The van der Waals surface area contributed by atoms with Gasteiger partial charge in [-0.15, -0.1) is 0 Å². The lowest BCUT2D eigenvalue weighted by molar-refractivity contribution is -0.123. The number of nitrogens with one attached hydrogen (secondary N) is 2. The van der Waals surface area contributed by atoms with E-state index < -0.39 is 0 Å². The highest BCUT2D eigenvalue weighted by molar-refractivity contribution is 5.77. The molecule has 0 unspecified atom stereocenters. The topological polar surface area (TPSA) is 50.4 Å². The van der Waals surface area contributed by atoms with E-state index in [9.17, 15) is 4.79 Å². The third-order valence-electron chi connectivity index (χ3n) is 2.76. The molecule has 0 saturated carbocycles. The van der Waals surface area contributed by atoms with Crippen molar-refractivity contribution in [2.24, 2.45) is 0 Å². The Labute approximate surface area is 101 Å². The van der Waals surface area contributed by atoms with Gasteiger partial charge >= 0.3 is 0 Å². The molecule has 1 aromatic rings. The van der Waals surface area contributed by atoms with E-state index in [0.717, 1.165) is 25.9 Å². The summed E-state index contributed by atoms with van der Waals surface area (Å²) in [5.74, 6) is 0.647. The summed E-state index contributed by atoms with van der Waals surface area (Å²) in [5, 5.41) is 6.24. The Morgan fingerprint density at radius 2 is 2.12 bits per heavy atom. The summed E-state index contributed by atoms with van der Waals surface area (Å²) in [6.07, 6.45) is 1.98. The van der Waals surface area contributed by atoms with E-state index >= 15 is 0 Å². The number of carbonyl (C=O) groups is 1. The summed E-state index contributed by atoms with van der Waals surface area (Å²) in [7, 11) is 0. The molecule has 1 radical (unpaired) electrons. The minimum atomic E-state index is -0.0512. The van der Waals surface area contributed by atoms with Crippen LogP contribution in [0.1, 0.15) is 12.8 Å². The Morgan fingerprint density at radius 3 is 2.82 bits per heavy atom. The van der Waals surface area contributed by atoms with Crippen molar-refractivity contribution in [1.29, 1.82) is 0 Å². The maximum Gasteiger partial charge on any atom is 0.258 e. The lowest BCUT2D eigenvalue weighted by Crippen LogP contribution is -2.44. The molecule has 1 saturated heterocycles. The van der Waals surface area contributed by atoms with Crippen LogP contribution in [0, 0.1) is 6.07 Å². The Balaban J connectivity index is 1.70. The number of hydrogen-bond acceptors (Lipinski definition) is 3. The predicted molar refractivity (Wildman–Crippen MR) is 64.8 cm³/mol. The Hall–Kier alpha value is -1.55. The zero-order valence-electron chi connectivity index (χ0n) is 9.74. The second-order valence-electron chi connectivity index (χ2n) is 4.12. The number of benzene rings is 1. The van der Waals surface area contributed by atoms with E-state index in [0.29, 0.717) is 5.75 Å².